The van der Waals surface area contributed by atoms with Crippen LogP contribution in [0.25, 0.3) is 0 Å². The molecule has 2 rings (SSSR count). The number of aromatic nitrogens is 2. The van der Waals surface area contributed by atoms with E-state index in [1.165, 1.54) is 10.5 Å². The lowest BCUT2D eigenvalue weighted by Crippen LogP contribution is -2.27. The molecule has 0 amide bonds. The molecule has 0 bridgehead atoms. The summed E-state index contributed by atoms with van der Waals surface area (Å²) in [6.45, 7) is 6.31. The molecule has 4 nitrogen and oxygen atoms in total. The fraction of sp³-hybridized carbons (Fsp3) is 0.467. The summed E-state index contributed by atoms with van der Waals surface area (Å²) in [6.07, 6.45) is 0. The zero-order chi connectivity index (χ0) is 14.5. The Morgan fingerprint density at radius 3 is 2.75 bits per heavy atom. The van der Waals surface area contributed by atoms with Crippen molar-refractivity contribution in [2.45, 2.75) is 43.4 Å². The van der Waals surface area contributed by atoms with Gasteiger partial charge in [-0.05, 0) is 32.5 Å². The van der Waals surface area contributed by atoms with Crippen LogP contribution in [-0.4, -0.2) is 23.2 Å². The van der Waals surface area contributed by atoms with Crippen LogP contribution in [0.3, 0.4) is 0 Å². The summed E-state index contributed by atoms with van der Waals surface area (Å²) in [7, 11) is 1.94. The van der Waals surface area contributed by atoms with E-state index in [1.54, 1.807) is 11.8 Å². The molecule has 0 aliphatic heterocycles. The second-order valence-electron chi connectivity index (χ2n) is 4.97. The quantitative estimate of drug-likeness (QED) is 0.827. The Balaban J connectivity index is 1.98. The van der Waals surface area contributed by atoms with E-state index in [1.807, 2.05) is 19.2 Å². The zero-order valence-corrected chi connectivity index (χ0v) is 13.2. The number of nitrogens with zero attached hydrogens (tertiary/aromatic N) is 2. The summed E-state index contributed by atoms with van der Waals surface area (Å²) >= 11 is 1.74. The summed E-state index contributed by atoms with van der Waals surface area (Å²) in [6, 6.07) is 8.64. The number of rotatable bonds is 6. The van der Waals surface area contributed by atoms with Crippen LogP contribution in [0, 0.1) is 6.92 Å². The van der Waals surface area contributed by atoms with Crippen LogP contribution < -0.4 is 5.32 Å². The lowest BCUT2D eigenvalue weighted by molar-refractivity contribution is 0.334. The molecule has 2 unspecified atom stereocenters. The van der Waals surface area contributed by atoms with E-state index in [4.69, 9.17) is 4.52 Å². The predicted molar refractivity (Wildman–Crippen MR) is 82.0 cm³/mol. The topological polar surface area (TPSA) is 51.0 Å². The summed E-state index contributed by atoms with van der Waals surface area (Å²) in [5.41, 5.74) is 1.28. The van der Waals surface area contributed by atoms with Crippen molar-refractivity contribution in [2.24, 2.45) is 0 Å². The van der Waals surface area contributed by atoms with E-state index in [2.05, 4.69) is 48.4 Å². The van der Waals surface area contributed by atoms with Crippen molar-refractivity contribution in [2.75, 3.05) is 7.05 Å². The molecule has 0 fully saturated rings. The number of aryl methyl sites for hydroxylation is 1. The largest absolute Gasteiger partial charge is 0.339 e. The molecule has 0 radical (unpaired) electrons. The third kappa shape index (κ3) is 3.61. The van der Waals surface area contributed by atoms with Crippen LogP contribution in [0.4, 0.5) is 0 Å². The van der Waals surface area contributed by atoms with Crippen molar-refractivity contribution < 1.29 is 4.52 Å². The molecule has 0 saturated carbocycles. The second-order valence-corrected chi connectivity index (χ2v) is 5.99. The van der Waals surface area contributed by atoms with Gasteiger partial charge < -0.3 is 9.84 Å². The van der Waals surface area contributed by atoms with Gasteiger partial charge in [0, 0.05) is 10.9 Å². The molecule has 2 aromatic rings. The van der Waals surface area contributed by atoms with Crippen LogP contribution in [-0.2, 0) is 5.75 Å². The molecule has 0 aliphatic rings. The Morgan fingerprint density at radius 2 is 2.05 bits per heavy atom. The minimum atomic E-state index is 0.213. The van der Waals surface area contributed by atoms with Crippen molar-refractivity contribution in [1.82, 2.24) is 15.5 Å². The molecule has 1 aromatic heterocycles. The lowest BCUT2D eigenvalue weighted by atomic mass is 10.0. The van der Waals surface area contributed by atoms with Gasteiger partial charge in [-0.15, -0.1) is 11.8 Å². The van der Waals surface area contributed by atoms with Crippen LogP contribution in [0.2, 0.25) is 0 Å². The van der Waals surface area contributed by atoms with Gasteiger partial charge in [0.1, 0.15) is 0 Å². The highest BCUT2D eigenvalue weighted by Crippen LogP contribution is 2.25. The first-order valence-electron chi connectivity index (χ1n) is 6.80. The highest BCUT2D eigenvalue weighted by molar-refractivity contribution is 7.98. The van der Waals surface area contributed by atoms with Crippen molar-refractivity contribution in [3.8, 4) is 0 Å². The fourth-order valence-electron chi connectivity index (χ4n) is 1.84. The standard InChI is InChI=1S/C15H21N3OS/c1-10-7-5-6-8-13(10)20-9-14-17-15(19-18-14)11(2)12(3)16-4/h5-8,11-12,16H,9H2,1-4H3. The zero-order valence-electron chi connectivity index (χ0n) is 12.4. The lowest BCUT2D eigenvalue weighted by Gasteiger charge is -2.14. The molecule has 20 heavy (non-hydrogen) atoms. The molecular formula is C15H21N3OS. The average molecular weight is 291 g/mol. The minimum absolute atomic E-state index is 0.213. The number of likely N-dealkylation sites (N-methyl/N-ethyl adjacent to an activating group) is 1. The fourth-order valence-corrected chi connectivity index (χ4v) is 2.71. The first-order valence-corrected chi connectivity index (χ1v) is 7.78. The molecule has 2 atom stereocenters. The molecule has 0 aliphatic carbocycles. The van der Waals surface area contributed by atoms with Gasteiger partial charge in [-0.3, -0.25) is 0 Å². The van der Waals surface area contributed by atoms with Crippen LogP contribution in [0.5, 0.6) is 0 Å². The monoisotopic (exact) mass is 291 g/mol. The van der Waals surface area contributed by atoms with E-state index in [0.717, 1.165) is 11.6 Å². The van der Waals surface area contributed by atoms with Gasteiger partial charge in [0.2, 0.25) is 5.89 Å². The number of thioether (sulfide) groups is 1. The molecule has 1 aromatic carbocycles. The van der Waals surface area contributed by atoms with E-state index < -0.39 is 0 Å². The van der Waals surface area contributed by atoms with Crippen molar-refractivity contribution in [1.29, 1.82) is 0 Å². The molecule has 108 valence electrons. The SMILES string of the molecule is CNC(C)C(C)c1nc(CSc2ccccc2C)no1. The third-order valence-electron chi connectivity index (χ3n) is 3.53. The van der Waals surface area contributed by atoms with Crippen LogP contribution >= 0.6 is 11.8 Å². The van der Waals surface area contributed by atoms with Crippen LogP contribution in [0.1, 0.15) is 37.0 Å². The average Bonchev–Trinajstić information content (AvgIpc) is 2.93. The maximum absolute atomic E-state index is 5.35. The van der Waals surface area contributed by atoms with Gasteiger partial charge in [0.25, 0.3) is 0 Å². The highest BCUT2D eigenvalue weighted by Gasteiger charge is 2.19. The summed E-state index contributed by atoms with van der Waals surface area (Å²) in [5, 5.41) is 7.27. The third-order valence-corrected chi connectivity index (χ3v) is 4.70. The number of hydrogen-bond acceptors (Lipinski definition) is 5. The molecule has 1 N–H and O–H groups in total. The minimum Gasteiger partial charge on any atom is -0.339 e. The van der Waals surface area contributed by atoms with E-state index in [9.17, 15) is 0 Å². The van der Waals surface area contributed by atoms with E-state index >= 15 is 0 Å². The van der Waals surface area contributed by atoms with E-state index in [0.29, 0.717) is 11.9 Å². The van der Waals surface area contributed by atoms with Gasteiger partial charge in [0.15, 0.2) is 5.82 Å². The number of hydrogen-bond donors (Lipinski definition) is 1. The Morgan fingerprint density at radius 1 is 1.30 bits per heavy atom. The molecule has 0 spiro atoms. The van der Waals surface area contributed by atoms with Gasteiger partial charge in [-0.2, -0.15) is 4.98 Å². The Labute approximate surface area is 124 Å². The number of nitrogens with one attached hydrogen (secondary N) is 1. The smallest absolute Gasteiger partial charge is 0.231 e. The Bertz CT molecular complexity index is 556. The molecule has 0 saturated heterocycles. The van der Waals surface area contributed by atoms with Crippen molar-refractivity contribution >= 4 is 11.8 Å². The highest BCUT2D eigenvalue weighted by atomic mass is 32.2. The molecule has 5 heteroatoms. The predicted octanol–water partition coefficient (Wildman–Crippen LogP) is 3.38. The van der Waals surface area contributed by atoms with Crippen LogP contribution in [0.15, 0.2) is 33.7 Å². The Kier molecular flexibility index (Phi) is 5.20. The van der Waals surface area contributed by atoms with Crippen molar-refractivity contribution in [3.63, 3.8) is 0 Å². The number of benzene rings is 1. The first kappa shape index (κ1) is 15.1. The summed E-state index contributed by atoms with van der Waals surface area (Å²) in [4.78, 5) is 5.75. The molecular weight excluding hydrogens is 270 g/mol. The van der Waals surface area contributed by atoms with Gasteiger partial charge in [0.05, 0.1) is 11.7 Å². The van der Waals surface area contributed by atoms with Gasteiger partial charge in [-0.25, -0.2) is 0 Å². The van der Waals surface area contributed by atoms with Gasteiger partial charge >= 0.3 is 0 Å². The summed E-state index contributed by atoms with van der Waals surface area (Å²) < 4.78 is 5.35. The normalized spacial score (nSPS) is 14.2. The molecule has 1 heterocycles. The van der Waals surface area contributed by atoms with Crippen molar-refractivity contribution in [3.05, 3.63) is 41.5 Å². The van der Waals surface area contributed by atoms with Gasteiger partial charge in [-0.1, -0.05) is 30.3 Å². The second kappa shape index (κ2) is 6.90. The summed E-state index contributed by atoms with van der Waals surface area (Å²) in [5.74, 6) is 2.40. The maximum atomic E-state index is 5.35. The Hall–Kier alpha value is -1.33. The van der Waals surface area contributed by atoms with E-state index in [-0.39, 0.29) is 5.92 Å². The first-order chi connectivity index (χ1) is 9.61. The maximum Gasteiger partial charge on any atom is 0.231 e.